The van der Waals surface area contributed by atoms with Crippen molar-refractivity contribution in [2.45, 2.75) is 33.1 Å². The van der Waals surface area contributed by atoms with Crippen molar-refractivity contribution in [1.29, 1.82) is 0 Å². The van der Waals surface area contributed by atoms with E-state index < -0.39 is 0 Å². The summed E-state index contributed by atoms with van der Waals surface area (Å²) >= 11 is 0. The van der Waals surface area contributed by atoms with Crippen molar-refractivity contribution >= 4 is 0 Å². The largest absolute Gasteiger partial charge is 0.492 e. The van der Waals surface area contributed by atoms with Crippen LogP contribution in [0.1, 0.15) is 32.3 Å². The Bertz CT molecular complexity index is 400. The summed E-state index contributed by atoms with van der Waals surface area (Å²) < 4.78 is 5.84. The molecule has 0 aromatic heterocycles. The lowest BCUT2D eigenvalue weighted by atomic mass is 9.84. The van der Waals surface area contributed by atoms with E-state index >= 15 is 0 Å². The average Bonchev–Trinajstić information content (AvgIpc) is 2.40. The second-order valence-electron chi connectivity index (χ2n) is 6.58. The molecule has 0 atom stereocenters. The van der Waals surface area contributed by atoms with Crippen LogP contribution in [-0.2, 0) is 6.42 Å². The lowest BCUT2D eigenvalue weighted by Gasteiger charge is -2.37. The Morgan fingerprint density at radius 1 is 1.25 bits per heavy atom. The predicted octanol–water partition coefficient (Wildman–Crippen LogP) is 2.69. The second-order valence-corrected chi connectivity index (χ2v) is 6.58. The molecule has 1 fully saturated rings. The summed E-state index contributed by atoms with van der Waals surface area (Å²) in [7, 11) is 0. The average molecular weight is 276 g/mol. The van der Waals surface area contributed by atoms with Crippen molar-refractivity contribution < 1.29 is 4.74 Å². The van der Waals surface area contributed by atoms with Crippen molar-refractivity contribution in [3.8, 4) is 5.75 Å². The molecule has 0 radical (unpaired) electrons. The smallest absolute Gasteiger partial charge is 0.119 e. The van der Waals surface area contributed by atoms with Gasteiger partial charge in [0.2, 0.25) is 0 Å². The van der Waals surface area contributed by atoms with Gasteiger partial charge in [-0.3, -0.25) is 4.90 Å². The fraction of sp³-hybridized carbons (Fsp3) is 0.647. The number of nitrogens with two attached hydrogens (primary N) is 1. The number of hydrogen-bond acceptors (Lipinski definition) is 3. The maximum atomic E-state index is 5.84. The number of hydrogen-bond donors (Lipinski definition) is 1. The Labute approximate surface area is 123 Å². The zero-order chi connectivity index (χ0) is 14.4. The Hall–Kier alpha value is -1.06. The molecule has 3 heteroatoms. The molecule has 0 aliphatic carbocycles. The van der Waals surface area contributed by atoms with E-state index in [2.05, 4.69) is 30.9 Å². The van der Waals surface area contributed by atoms with Crippen molar-refractivity contribution in [3.05, 3.63) is 29.8 Å². The molecular weight excluding hydrogens is 248 g/mol. The minimum atomic E-state index is 0.460. The Morgan fingerprint density at radius 3 is 2.65 bits per heavy atom. The molecule has 1 aromatic rings. The quantitative estimate of drug-likeness (QED) is 0.868. The van der Waals surface area contributed by atoms with Gasteiger partial charge in [-0.05, 0) is 55.5 Å². The van der Waals surface area contributed by atoms with E-state index in [9.17, 15) is 0 Å². The number of likely N-dealkylation sites (tertiary alicyclic amines) is 1. The number of ether oxygens (including phenoxy) is 1. The van der Waals surface area contributed by atoms with Gasteiger partial charge in [0.15, 0.2) is 0 Å². The molecule has 0 amide bonds. The van der Waals surface area contributed by atoms with Gasteiger partial charge in [0.05, 0.1) is 0 Å². The van der Waals surface area contributed by atoms with E-state index in [1.165, 1.54) is 31.5 Å². The maximum absolute atomic E-state index is 5.84. The summed E-state index contributed by atoms with van der Waals surface area (Å²) in [5.41, 5.74) is 7.28. The third kappa shape index (κ3) is 4.80. The molecule has 2 rings (SSSR count). The van der Waals surface area contributed by atoms with Gasteiger partial charge in [-0.25, -0.2) is 0 Å². The zero-order valence-electron chi connectivity index (χ0n) is 12.9. The lowest BCUT2D eigenvalue weighted by molar-refractivity contribution is 0.102. The van der Waals surface area contributed by atoms with Gasteiger partial charge in [0.25, 0.3) is 0 Å². The van der Waals surface area contributed by atoms with Crippen LogP contribution in [0.3, 0.4) is 0 Å². The molecule has 0 unspecified atom stereocenters. The van der Waals surface area contributed by atoms with Gasteiger partial charge in [0, 0.05) is 13.1 Å². The lowest BCUT2D eigenvalue weighted by Crippen LogP contribution is -2.41. The molecule has 1 saturated heterocycles. The highest BCUT2D eigenvalue weighted by Gasteiger charge is 2.25. The molecule has 1 aliphatic heterocycles. The number of rotatable bonds is 6. The standard InChI is InChI=1S/C17H28N2O/c1-17(2)9-3-11-19(14-17)12-13-20-16-6-4-15(5-7-16)8-10-18/h4-7H,3,8-14,18H2,1-2H3. The van der Waals surface area contributed by atoms with Crippen molar-refractivity contribution in [2.75, 3.05) is 32.8 Å². The Morgan fingerprint density at radius 2 is 2.00 bits per heavy atom. The van der Waals surface area contributed by atoms with E-state index in [1.807, 2.05) is 12.1 Å². The summed E-state index contributed by atoms with van der Waals surface area (Å²) in [6.07, 6.45) is 3.58. The molecule has 1 aliphatic rings. The molecule has 112 valence electrons. The van der Waals surface area contributed by atoms with Gasteiger partial charge >= 0.3 is 0 Å². The van der Waals surface area contributed by atoms with E-state index in [-0.39, 0.29) is 0 Å². The molecule has 20 heavy (non-hydrogen) atoms. The Kier molecular flexibility index (Phi) is 5.44. The van der Waals surface area contributed by atoms with Crippen LogP contribution in [0.5, 0.6) is 5.75 Å². The zero-order valence-corrected chi connectivity index (χ0v) is 12.9. The molecule has 0 spiro atoms. The first-order chi connectivity index (χ1) is 9.59. The molecule has 3 nitrogen and oxygen atoms in total. The minimum absolute atomic E-state index is 0.460. The first-order valence-corrected chi connectivity index (χ1v) is 7.73. The molecule has 0 bridgehead atoms. The summed E-state index contributed by atoms with van der Waals surface area (Å²) in [4.78, 5) is 2.52. The summed E-state index contributed by atoms with van der Waals surface area (Å²) in [5, 5.41) is 0. The van der Waals surface area contributed by atoms with Crippen LogP contribution in [0.4, 0.5) is 0 Å². The monoisotopic (exact) mass is 276 g/mol. The number of benzene rings is 1. The maximum Gasteiger partial charge on any atom is 0.119 e. The van der Waals surface area contributed by atoms with E-state index in [1.54, 1.807) is 0 Å². The van der Waals surface area contributed by atoms with Crippen LogP contribution in [0.15, 0.2) is 24.3 Å². The highest BCUT2D eigenvalue weighted by Crippen LogP contribution is 2.28. The first kappa shape index (κ1) is 15.3. The van der Waals surface area contributed by atoms with E-state index in [4.69, 9.17) is 10.5 Å². The topological polar surface area (TPSA) is 38.5 Å². The highest BCUT2D eigenvalue weighted by molar-refractivity contribution is 5.27. The van der Waals surface area contributed by atoms with Crippen LogP contribution in [0, 0.1) is 5.41 Å². The fourth-order valence-corrected chi connectivity index (χ4v) is 2.95. The summed E-state index contributed by atoms with van der Waals surface area (Å²) in [6, 6.07) is 8.30. The van der Waals surface area contributed by atoms with Gasteiger partial charge in [-0.15, -0.1) is 0 Å². The number of nitrogens with zero attached hydrogens (tertiary/aromatic N) is 1. The van der Waals surface area contributed by atoms with Gasteiger partial charge in [-0.1, -0.05) is 26.0 Å². The fourth-order valence-electron chi connectivity index (χ4n) is 2.95. The molecule has 2 N–H and O–H groups in total. The Balaban J connectivity index is 1.72. The van der Waals surface area contributed by atoms with Gasteiger partial charge < -0.3 is 10.5 Å². The summed E-state index contributed by atoms with van der Waals surface area (Å²) in [6.45, 7) is 9.60. The molecule has 1 heterocycles. The van der Waals surface area contributed by atoms with Crippen LogP contribution >= 0.6 is 0 Å². The molecule has 1 aromatic carbocycles. The van der Waals surface area contributed by atoms with Gasteiger partial charge in [-0.2, -0.15) is 0 Å². The van der Waals surface area contributed by atoms with Gasteiger partial charge in [0.1, 0.15) is 12.4 Å². The normalized spacial score (nSPS) is 18.9. The summed E-state index contributed by atoms with van der Waals surface area (Å²) in [5.74, 6) is 0.960. The molecular formula is C17H28N2O. The van der Waals surface area contributed by atoms with E-state index in [0.29, 0.717) is 12.0 Å². The van der Waals surface area contributed by atoms with Crippen molar-refractivity contribution in [3.63, 3.8) is 0 Å². The predicted molar refractivity (Wildman–Crippen MR) is 84.2 cm³/mol. The second kappa shape index (κ2) is 7.09. The van der Waals surface area contributed by atoms with Crippen molar-refractivity contribution in [1.82, 2.24) is 4.90 Å². The van der Waals surface area contributed by atoms with Crippen LogP contribution < -0.4 is 10.5 Å². The third-order valence-corrected chi connectivity index (χ3v) is 4.01. The van der Waals surface area contributed by atoms with Crippen LogP contribution in [-0.4, -0.2) is 37.7 Å². The first-order valence-electron chi connectivity index (χ1n) is 7.73. The minimum Gasteiger partial charge on any atom is -0.492 e. The SMILES string of the molecule is CC1(C)CCCN(CCOc2ccc(CCN)cc2)C1. The van der Waals surface area contributed by atoms with E-state index in [0.717, 1.165) is 25.3 Å². The van der Waals surface area contributed by atoms with Crippen molar-refractivity contribution in [2.24, 2.45) is 11.1 Å². The van der Waals surface area contributed by atoms with Crippen LogP contribution in [0.2, 0.25) is 0 Å². The third-order valence-electron chi connectivity index (χ3n) is 4.01. The van der Waals surface area contributed by atoms with Crippen LogP contribution in [0.25, 0.3) is 0 Å². The highest BCUT2D eigenvalue weighted by atomic mass is 16.5. The number of piperidine rings is 1. The molecule has 0 saturated carbocycles.